The van der Waals surface area contributed by atoms with Crippen LogP contribution in [0.2, 0.25) is 5.02 Å². The van der Waals surface area contributed by atoms with Crippen molar-refractivity contribution in [2.45, 2.75) is 24.4 Å². The summed E-state index contributed by atoms with van der Waals surface area (Å²) in [5.74, 6) is 5.00. The van der Waals surface area contributed by atoms with Gasteiger partial charge in [-0.25, -0.2) is 5.90 Å². The molecule has 0 spiro atoms. The van der Waals surface area contributed by atoms with Gasteiger partial charge in [0.2, 0.25) is 0 Å². The first-order valence-corrected chi connectivity index (χ1v) is 5.46. The molecule has 0 bridgehead atoms. The van der Waals surface area contributed by atoms with Crippen LogP contribution >= 0.6 is 11.6 Å². The highest BCUT2D eigenvalue weighted by atomic mass is 35.5. The summed E-state index contributed by atoms with van der Waals surface area (Å²) in [6.45, 7) is 0.189. The van der Waals surface area contributed by atoms with Crippen LogP contribution in [0.1, 0.15) is 24.0 Å². The lowest BCUT2D eigenvalue weighted by Gasteiger charge is -2.17. The molecular weight excluding hydrogens is 255 g/mol. The summed E-state index contributed by atoms with van der Waals surface area (Å²) < 4.78 is 37.8. The highest BCUT2D eigenvalue weighted by Gasteiger charge is 2.47. The van der Waals surface area contributed by atoms with E-state index in [0.717, 1.165) is 25.0 Å². The molecule has 0 amide bonds. The van der Waals surface area contributed by atoms with E-state index < -0.39 is 17.2 Å². The summed E-state index contributed by atoms with van der Waals surface area (Å²) in [4.78, 5) is 4.56. The molecule has 0 heterocycles. The molecule has 1 aliphatic rings. The summed E-state index contributed by atoms with van der Waals surface area (Å²) in [7, 11) is 0. The SMILES string of the molecule is NOCC1(c2cc(C(F)(F)F)ccc2Cl)CC1. The largest absolute Gasteiger partial charge is 0.416 e. The van der Waals surface area contributed by atoms with Gasteiger partial charge in [0.25, 0.3) is 0 Å². The molecule has 0 atom stereocenters. The molecule has 1 saturated carbocycles. The zero-order chi connectivity index (χ0) is 12.7. The zero-order valence-corrected chi connectivity index (χ0v) is 9.61. The number of hydrogen-bond acceptors (Lipinski definition) is 2. The summed E-state index contributed by atoms with van der Waals surface area (Å²) in [5, 5.41) is 0.326. The van der Waals surface area contributed by atoms with Gasteiger partial charge in [0, 0.05) is 10.4 Å². The van der Waals surface area contributed by atoms with E-state index in [4.69, 9.17) is 17.5 Å². The third kappa shape index (κ3) is 2.41. The van der Waals surface area contributed by atoms with E-state index >= 15 is 0 Å². The molecule has 6 heteroatoms. The van der Waals surface area contributed by atoms with E-state index in [1.54, 1.807) is 0 Å². The molecule has 1 fully saturated rings. The summed E-state index contributed by atoms with van der Waals surface area (Å²) in [6, 6.07) is 3.34. The minimum atomic E-state index is -4.36. The van der Waals surface area contributed by atoms with Crippen LogP contribution in [0, 0.1) is 0 Å². The fraction of sp³-hybridized carbons (Fsp3) is 0.455. The predicted molar refractivity (Wildman–Crippen MR) is 57.5 cm³/mol. The third-order valence-electron chi connectivity index (χ3n) is 3.08. The Labute approximate surface area is 101 Å². The Balaban J connectivity index is 2.40. The molecule has 1 aromatic rings. The van der Waals surface area contributed by atoms with Gasteiger partial charge in [-0.3, -0.25) is 0 Å². The normalized spacial score (nSPS) is 18.2. The first-order valence-electron chi connectivity index (χ1n) is 5.08. The fourth-order valence-electron chi connectivity index (χ4n) is 1.91. The highest BCUT2D eigenvalue weighted by Crippen LogP contribution is 2.51. The van der Waals surface area contributed by atoms with Crippen LogP contribution in [0.3, 0.4) is 0 Å². The number of benzene rings is 1. The molecule has 0 aromatic heterocycles. The van der Waals surface area contributed by atoms with Crippen molar-refractivity contribution in [3.05, 3.63) is 34.3 Å². The minimum absolute atomic E-state index is 0.189. The third-order valence-corrected chi connectivity index (χ3v) is 3.41. The van der Waals surface area contributed by atoms with Crippen molar-refractivity contribution in [1.29, 1.82) is 0 Å². The molecule has 94 valence electrons. The Hall–Kier alpha value is -0.780. The van der Waals surface area contributed by atoms with Gasteiger partial charge in [0.05, 0.1) is 12.2 Å². The predicted octanol–water partition coefficient (Wildman–Crippen LogP) is 3.28. The second kappa shape index (κ2) is 4.15. The number of nitrogens with two attached hydrogens (primary N) is 1. The quantitative estimate of drug-likeness (QED) is 0.851. The van der Waals surface area contributed by atoms with Gasteiger partial charge in [0.15, 0.2) is 0 Å². The summed E-state index contributed by atoms with van der Waals surface area (Å²) >= 11 is 5.94. The molecule has 0 unspecified atom stereocenters. The average molecular weight is 266 g/mol. The molecule has 2 rings (SSSR count). The second-order valence-electron chi connectivity index (χ2n) is 4.28. The summed E-state index contributed by atoms with van der Waals surface area (Å²) in [5.41, 5.74) is -0.660. The van der Waals surface area contributed by atoms with Crippen molar-refractivity contribution in [1.82, 2.24) is 0 Å². The van der Waals surface area contributed by atoms with E-state index in [0.29, 0.717) is 10.6 Å². The second-order valence-corrected chi connectivity index (χ2v) is 4.69. The van der Waals surface area contributed by atoms with Gasteiger partial charge in [-0.1, -0.05) is 11.6 Å². The van der Waals surface area contributed by atoms with E-state index in [1.807, 2.05) is 0 Å². The van der Waals surface area contributed by atoms with Crippen molar-refractivity contribution in [2.75, 3.05) is 6.61 Å². The van der Waals surface area contributed by atoms with Crippen LogP contribution in [0.5, 0.6) is 0 Å². The zero-order valence-electron chi connectivity index (χ0n) is 8.85. The van der Waals surface area contributed by atoms with E-state index in [-0.39, 0.29) is 6.61 Å². The average Bonchev–Trinajstić information content (AvgIpc) is 2.98. The first kappa shape index (κ1) is 12.7. The molecular formula is C11H11ClF3NO. The van der Waals surface area contributed by atoms with E-state index in [9.17, 15) is 13.2 Å². The number of alkyl halides is 3. The van der Waals surface area contributed by atoms with E-state index in [2.05, 4.69) is 4.84 Å². The van der Waals surface area contributed by atoms with Gasteiger partial charge in [0.1, 0.15) is 0 Å². The van der Waals surface area contributed by atoms with Crippen LogP contribution in [0.4, 0.5) is 13.2 Å². The molecule has 0 saturated heterocycles. The van der Waals surface area contributed by atoms with Gasteiger partial charge in [-0.05, 0) is 36.6 Å². The van der Waals surface area contributed by atoms with Crippen LogP contribution in [-0.2, 0) is 16.4 Å². The standard InChI is InChI=1S/C11H11ClF3NO/c12-9-2-1-7(11(13,14)15)5-8(9)10(3-4-10)6-17-16/h1-2,5H,3-4,6,16H2. The maximum atomic E-state index is 12.6. The topological polar surface area (TPSA) is 35.2 Å². The maximum absolute atomic E-state index is 12.6. The van der Waals surface area contributed by atoms with Gasteiger partial charge in [-0.2, -0.15) is 13.2 Å². The molecule has 2 N–H and O–H groups in total. The van der Waals surface area contributed by atoms with Gasteiger partial charge >= 0.3 is 6.18 Å². The van der Waals surface area contributed by atoms with Crippen LogP contribution < -0.4 is 5.90 Å². The van der Waals surface area contributed by atoms with Crippen LogP contribution in [0.15, 0.2) is 18.2 Å². The van der Waals surface area contributed by atoms with Crippen LogP contribution in [0.25, 0.3) is 0 Å². The lowest BCUT2D eigenvalue weighted by molar-refractivity contribution is -0.137. The monoisotopic (exact) mass is 265 g/mol. The molecule has 0 radical (unpaired) electrons. The number of rotatable bonds is 3. The van der Waals surface area contributed by atoms with Gasteiger partial charge in [-0.15, -0.1) is 0 Å². The number of hydrogen-bond donors (Lipinski definition) is 1. The van der Waals surface area contributed by atoms with Crippen molar-refractivity contribution in [3.8, 4) is 0 Å². The Morgan fingerprint density at radius 3 is 2.47 bits per heavy atom. The Morgan fingerprint density at radius 1 is 1.35 bits per heavy atom. The molecule has 0 aliphatic heterocycles. The summed E-state index contributed by atoms with van der Waals surface area (Å²) in [6.07, 6.45) is -2.88. The van der Waals surface area contributed by atoms with Crippen molar-refractivity contribution in [2.24, 2.45) is 5.90 Å². The molecule has 17 heavy (non-hydrogen) atoms. The van der Waals surface area contributed by atoms with Crippen molar-refractivity contribution >= 4 is 11.6 Å². The van der Waals surface area contributed by atoms with Crippen molar-refractivity contribution < 1.29 is 18.0 Å². The lowest BCUT2D eigenvalue weighted by atomic mass is 9.95. The smallest absolute Gasteiger partial charge is 0.304 e. The Bertz CT molecular complexity index is 429. The minimum Gasteiger partial charge on any atom is -0.304 e. The molecule has 1 aromatic carbocycles. The molecule has 2 nitrogen and oxygen atoms in total. The highest BCUT2D eigenvalue weighted by molar-refractivity contribution is 6.31. The molecule has 1 aliphatic carbocycles. The number of halogens is 4. The van der Waals surface area contributed by atoms with Crippen molar-refractivity contribution in [3.63, 3.8) is 0 Å². The Kier molecular flexibility index (Phi) is 3.10. The fourth-order valence-corrected chi connectivity index (χ4v) is 2.23. The first-order chi connectivity index (χ1) is 7.89. The van der Waals surface area contributed by atoms with Crippen LogP contribution in [-0.4, -0.2) is 6.61 Å². The lowest BCUT2D eigenvalue weighted by Crippen LogP contribution is -2.19. The maximum Gasteiger partial charge on any atom is 0.416 e. The Morgan fingerprint density at radius 2 is 2.00 bits per heavy atom. The van der Waals surface area contributed by atoms with E-state index in [1.165, 1.54) is 6.07 Å². The van der Waals surface area contributed by atoms with Gasteiger partial charge < -0.3 is 4.84 Å².